The van der Waals surface area contributed by atoms with Crippen molar-refractivity contribution >= 4 is 17.7 Å². The normalized spacial score (nSPS) is 13.7. The van der Waals surface area contributed by atoms with E-state index in [2.05, 4.69) is 12.2 Å². The molecule has 2 aromatic rings. The van der Waals surface area contributed by atoms with Gasteiger partial charge in [-0.3, -0.25) is 14.4 Å². The second kappa shape index (κ2) is 25.7. The van der Waals surface area contributed by atoms with Crippen molar-refractivity contribution in [2.24, 2.45) is 17.4 Å². The van der Waals surface area contributed by atoms with Crippen molar-refractivity contribution in [3.63, 3.8) is 0 Å². The molecule has 4 atom stereocenters. The van der Waals surface area contributed by atoms with Crippen LogP contribution < -0.4 is 16.8 Å². The van der Waals surface area contributed by atoms with Crippen LogP contribution in [0.2, 0.25) is 0 Å². The number of benzene rings is 2. The molecule has 0 aliphatic carbocycles. The monoisotopic (exact) mass is 699 g/mol. The van der Waals surface area contributed by atoms with E-state index in [1.54, 1.807) is 0 Å². The van der Waals surface area contributed by atoms with Crippen LogP contribution in [0.1, 0.15) is 134 Å². The van der Waals surface area contributed by atoms with Gasteiger partial charge in [-0.05, 0) is 61.4 Å². The lowest BCUT2D eigenvalue weighted by Crippen LogP contribution is -2.45. The highest BCUT2D eigenvalue weighted by Gasteiger charge is 2.30. The van der Waals surface area contributed by atoms with E-state index in [0.29, 0.717) is 32.2 Å². The van der Waals surface area contributed by atoms with Gasteiger partial charge >= 0.3 is 5.97 Å². The van der Waals surface area contributed by atoms with Gasteiger partial charge in [0, 0.05) is 25.4 Å². The SMILES string of the molecule is CCCCCCCCCCCCCC(C)C(=O)OC(C(=O)CCCCCNC(=O)CC(N)Cc1cc(F)ccc1F)C(N)Cc1ccccc1. The van der Waals surface area contributed by atoms with Crippen LogP contribution in [-0.4, -0.2) is 42.4 Å². The van der Waals surface area contributed by atoms with Crippen molar-refractivity contribution < 1.29 is 27.9 Å². The summed E-state index contributed by atoms with van der Waals surface area (Å²) in [6.45, 7) is 4.50. The van der Waals surface area contributed by atoms with E-state index in [-0.39, 0.29) is 48.4 Å². The fourth-order valence-electron chi connectivity index (χ4n) is 6.19. The lowest BCUT2D eigenvalue weighted by Gasteiger charge is -2.25. The van der Waals surface area contributed by atoms with Gasteiger partial charge in [0.1, 0.15) is 11.6 Å². The number of carbonyl (C=O) groups excluding carboxylic acids is 3. The second-order valence-corrected chi connectivity index (χ2v) is 14.0. The van der Waals surface area contributed by atoms with Gasteiger partial charge in [-0.2, -0.15) is 0 Å². The minimum Gasteiger partial charge on any atom is -0.452 e. The Bertz CT molecular complexity index is 1250. The lowest BCUT2D eigenvalue weighted by molar-refractivity contribution is -0.160. The molecule has 2 aromatic carbocycles. The molecule has 4 unspecified atom stereocenters. The maximum absolute atomic E-state index is 13.9. The van der Waals surface area contributed by atoms with Gasteiger partial charge in [-0.1, -0.05) is 121 Å². The largest absolute Gasteiger partial charge is 0.452 e. The number of hydrogen-bond acceptors (Lipinski definition) is 6. The highest BCUT2D eigenvalue weighted by molar-refractivity contribution is 5.86. The van der Waals surface area contributed by atoms with Crippen LogP contribution >= 0.6 is 0 Å². The second-order valence-electron chi connectivity index (χ2n) is 14.0. The molecule has 0 fully saturated rings. The van der Waals surface area contributed by atoms with E-state index in [9.17, 15) is 23.2 Å². The standard InChI is InChI=1S/C41H63F2N3O4/c1-3-4-5-6-7-8-9-10-11-12-15-20-31(2)41(49)50-40(37(45)27-32-21-16-13-17-22-32)38(47)23-18-14-19-26-46-39(48)30-35(44)29-33-28-34(42)24-25-36(33)43/h13,16-17,21-22,24-25,28,31,35,37,40H,3-12,14-15,18-20,23,26-27,29-30,44-45H2,1-2H3,(H,46,48). The Balaban J connectivity index is 1.73. The summed E-state index contributed by atoms with van der Waals surface area (Å²) in [6.07, 6.45) is 15.9. The zero-order chi connectivity index (χ0) is 36.6. The van der Waals surface area contributed by atoms with Gasteiger partial charge in [0.2, 0.25) is 5.91 Å². The van der Waals surface area contributed by atoms with Crippen molar-refractivity contribution in [1.29, 1.82) is 0 Å². The molecule has 0 heterocycles. The zero-order valence-corrected chi connectivity index (χ0v) is 30.6. The number of nitrogens with two attached hydrogens (primary N) is 2. The first-order valence-electron chi connectivity index (χ1n) is 19.1. The van der Waals surface area contributed by atoms with Gasteiger partial charge in [-0.15, -0.1) is 0 Å². The summed E-state index contributed by atoms with van der Waals surface area (Å²) >= 11 is 0. The molecule has 0 bridgehead atoms. The van der Waals surface area contributed by atoms with E-state index >= 15 is 0 Å². The summed E-state index contributed by atoms with van der Waals surface area (Å²) in [5.41, 5.74) is 13.6. The highest BCUT2D eigenvalue weighted by Crippen LogP contribution is 2.19. The first kappa shape index (κ1) is 43.0. The number of nitrogens with one attached hydrogen (secondary N) is 1. The molecule has 7 nitrogen and oxygen atoms in total. The van der Waals surface area contributed by atoms with Crippen LogP contribution in [0.25, 0.3) is 0 Å². The van der Waals surface area contributed by atoms with Crippen LogP contribution in [0.4, 0.5) is 8.78 Å². The van der Waals surface area contributed by atoms with Crippen molar-refractivity contribution in [3.8, 4) is 0 Å². The maximum atomic E-state index is 13.9. The van der Waals surface area contributed by atoms with Crippen LogP contribution in [0.15, 0.2) is 48.5 Å². The van der Waals surface area contributed by atoms with Crippen molar-refractivity contribution in [1.82, 2.24) is 5.32 Å². The number of esters is 1. The number of ether oxygens (including phenoxy) is 1. The molecule has 0 saturated heterocycles. The van der Waals surface area contributed by atoms with Crippen molar-refractivity contribution in [2.45, 2.75) is 154 Å². The van der Waals surface area contributed by atoms with Gasteiger partial charge in [-0.25, -0.2) is 8.78 Å². The van der Waals surface area contributed by atoms with Crippen LogP contribution in [0.5, 0.6) is 0 Å². The Kier molecular flexibility index (Phi) is 22.1. The number of halogens is 2. The summed E-state index contributed by atoms with van der Waals surface area (Å²) in [4.78, 5) is 38.8. The number of carbonyl (C=O) groups is 3. The molecular formula is C41H63F2N3O4. The molecule has 280 valence electrons. The van der Waals surface area contributed by atoms with Gasteiger partial charge in [0.05, 0.1) is 12.0 Å². The Morgan fingerprint density at radius 1 is 0.780 bits per heavy atom. The van der Waals surface area contributed by atoms with Gasteiger partial charge in [0.15, 0.2) is 11.9 Å². The molecular weight excluding hydrogens is 636 g/mol. The molecule has 0 aliphatic rings. The third kappa shape index (κ3) is 18.7. The number of unbranched alkanes of at least 4 members (excludes halogenated alkanes) is 12. The number of amides is 1. The summed E-state index contributed by atoms with van der Waals surface area (Å²) in [7, 11) is 0. The fraction of sp³-hybridized carbons (Fsp3) is 0.634. The van der Waals surface area contributed by atoms with Crippen LogP contribution in [0, 0.1) is 17.6 Å². The van der Waals surface area contributed by atoms with Crippen LogP contribution in [0.3, 0.4) is 0 Å². The fourth-order valence-corrected chi connectivity index (χ4v) is 6.19. The Morgan fingerprint density at radius 3 is 2.06 bits per heavy atom. The molecule has 0 aromatic heterocycles. The Labute approximate surface area is 299 Å². The molecule has 0 aliphatic heterocycles. The van der Waals surface area contributed by atoms with E-state index in [0.717, 1.165) is 43.0 Å². The average Bonchev–Trinajstić information content (AvgIpc) is 3.09. The lowest BCUT2D eigenvalue weighted by atomic mass is 9.96. The van der Waals surface area contributed by atoms with E-state index in [4.69, 9.17) is 16.2 Å². The number of ketones is 1. The average molecular weight is 700 g/mol. The predicted octanol–water partition coefficient (Wildman–Crippen LogP) is 8.29. The number of hydrogen-bond donors (Lipinski definition) is 3. The molecule has 2 rings (SSSR count). The minimum absolute atomic E-state index is 0.0154. The summed E-state index contributed by atoms with van der Waals surface area (Å²) in [5, 5.41) is 2.80. The first-order valence-corrected chi connectivity index (χ1v) is 19.1. The Hall–Kier alpha value is -3.17. The quantitative estimate of drug-likeness (QED) is 0.0607. The summed E-state index contributed by atoms with van der Waals surface area (Å²) in [5.74, 6) is -2.25. The molecule has 1 amide bonds. The van der Waals surface area contributed by atoms with Gasteiger partial charge in [0.25, 0.3) is 0 Å². The summed E-state index contributed by atoms with van der Waals surface area (Å²) < 4.78 is 33.1. The third-order valence-electron chi connectivity index (χ3n) is 9.27. The topological polar surface area (TPSA) is 125 Å². The van der Waals surface area contributed by atoms with Crippen LogP contribution in [-0.2, 0) is 32.0 Å². The van der Waals surface area contributed by atoms with E-state index in [1.807, 2.05) is 37.3 Å². The number of Topliss-reactive ketones (excluding diaryl/α,β-unsaturated/α-hetero) is 1. The maximum Gasteiger partial charge on any atom is 0.309 e. The molecule has 0 saturated carbocycles. The molecule has 9 heteroatoms. The number of rotatable bonds is 28. The van der Waals surface area contributed by atoms with Gasteiger partial charge < -0.3 is 21.5 Å². The third-order valence-corrected chi connectivity index (χ3v) is 9.27. The molecule has 0 spiro atoms. The molecule has 50 heavy (non-hydrogen) atoms. The summed E-state index contributed by atoms with van der Waals surface area (Å²) in [6, 6.07) is 11.5. The molecule has 0 radical (unpaired) electrons. The zero-order valence-electron chi connectivity index (χ0n) is 30.6. The first-order chi connectivity index (χ1) is 24.1. The molecule has 5 N–H and O–H groups in total. The minimum atomic E-state index is -1.02. The van der Waals surface area contributed by atoms with Crippen molar-refractivity contribution in [2.75, 3.05) is 6.54 Å². The smallest absolute Gasteiger partial charge is 0.309 e. The Morgan fingerprint density at radius 2 is 1.40 bits per heavy atom. The predicted molar refractivity (Wildman–Crippen MR) is 197 cm³/mol. The van der Waals surface area contributed by atoms with E-state index < -0.39 is 29.8 Å². The van der Waals surface area contributed by atoms with E-state index in [1.165, 1.54) is 57.8 Å². The van der Waals surface area contributed by atoms with Crippen molar-refractivity contribution in [3.05, 3.63) is 71.3 Å². The highest BCUT2D eigenvalue weighted by atomic mass is 19.1.